The molecule has 0 amide bonds. The number of carboxylic acid groups (broad SMARTS) is 2. The van der Waals surface area contributed by atoms with Gasteiger partial charge in [0.05, 0.1) is 52.4 Å². The molecule has 0 aliphatic heterocycles. The summed E-state index contributed by atoms with van der Waals surface area (Å²) in [4.78, 5) is 23.2. The molecule has 4 aromatic carbocycles. The van der Waals surface area contributed by atoms with Gasteiger partial charge in [0.15, 0.2) is 0 Å². The SMILES string of the molecule is CCCCCCCCCCCCCCCC[N+](C)(C)Cc1ccccc1.CCCCCCCCCCCCCCCC[N+](C)(C)Cc1ccccc1.O=C(O)c1ccccc1Sc1ccccc1C(=O)O. The highest BCUT2D eigenvalue weighted by Gasteiger charge is 2.17. The zero-order valence-electron chi connectivity index (χ0n) is 46.0. The first-order valence-electron chi connectivity index (χ1n) is 28.4. The predicted octanol–water partition coefficient (Wildman–Crippen LogP) is 18.7. The fourth-order valence-corrected chi connectivity index (χ4v) is 10.4. The summed E-state index contributed by atoms with van der Waals surface area (Å²) in [6, 6.07) is 34.9. The Balaban J connectivity index is 0.000000370. The molecule has 4 aromatic rings. The molecule has 0 saturated carbocycles. The molecule has 0 aliphatic rings. The maximum absolute atomic E-state index is 11.1. The van der Waals surface area contributed by atoms with Gasteiger partial charge < -0.3 is 19.2 Å². The fraction of sp³-hybridized carbons (Fsp3) is 0.594. The van der Waals surface area contributed by atoms with Crippen molar-refractivity contribution in [2.45, 2.75) is 217 Å². The second kappa shape index (κ2) is 40.6. The van der Waals surface area contributed by atoms with Gasteiger partial charge in [-0.3, -0.25) is 0 Å². The Morgan fingerprint density at radius 2 is 0.592 bits per heavy atom. The van der Waals surface area contributed by atoms with Crippen LogP contribution in [-0.4, -0.2) is 72.4 Å². The average molecular weight is 996 g/mol. The van der Waals surface area contributed by atoms with Crippen LogP contribution in [0.25, 0.3) is 0 Å². The minimum Gasteiger partial charge on any atom is -0.478 e. The molecule has 0 aromatic heterocycles. The predicted molar refractivity (Wildman–Crippen MR) is 306 cm³/mol. The van der Waals surface area contributed by atoms with Gasteiger partial charge in [-0.15, -0.1) is 0 Å². The van der Waals surface area contributed by atoms with Crippen LogP contribution in [0.5, 0.6) is 0 Å². The Kier molecular flexibility index (Phi) is 36.1. The molecule has 4 rings (SSSR count). The molecule has 0 radical (unpaired) electrons. The summed E-state index contributed by atoms with van der Waals surface area (Å²) >= 11 is 1.14. The molecule has 6 nitrogen and oxygen atoms in total. The monoisotopic (exact) mass is 995 g/mol. The zero-order chi connectivity index (χ0) is 51.7. The van der Waals surface area contributed by atoms with Crippen molar-refractivity contribution in [2.75, 3.05) is 41.3 Å². The van der Waals surface area contributed by atoms with Crippen LogP contribution in [0.3, 0.4) is 0 Å². The molecule has 2 N–H and O–H groups in total. The van der Waals surface area contributed by atoms with Gasteiger partial charge in [0.25, 0.3) is 0 Å². The number of carboxylic acids is 2. The van der Waals surface area contributed by atoms with E-state index < -0.39 is 11.9 Å². The van der Waals surface area contributed by atoms with Gasteiger partial charge in [-0.1, -0.05) is 265 Å². The lowest BCUT2D eigenvalue weighted by molar-refractivity contribution is -0.903. The lowest BCUT2D eigenvalue weighted by Crippen LogP contribution is -2.39. The van der Waals surface area contributed by atoms with E-state index in [-0.39, 0.29) is 11.1 Å². The lowest BCUT2D eigenvalue weighted by Gasteiger charge is -2.30. The maximum atomic E-state index is 11.1. The van der Waals surface area contributed by atoms with Crippen LogP contribution in [0.15, 0.2) is 119 Å². The van der Waals surface area contributed by atoms with Crippen LogP contribution in [0.1, 0.15) is 225 Å². The Bertz CT molecular complexity index is 1760. The van der Waals surface area contributed by atoms with Crippen molar-refractivity contribution >= 4 is 23.7 Å². The molecule has 0 fully saturated rings. The second-order valence-electron chi connectivity index (χ2n) is 21.5. The van der Waals surface area contributed by atoms with E-state index in [0.717, 1.165) is 33.8 Å². The second-order valence-corrected chi connectivity index (χ2v) is 22.6. The molecule has 0 atom stereocenters. The van der Waals surface area contributed by atoms with Crippen molar-refractivity contribution in [3.8, 4) is 0 Å². The van der Waals surface area contributed by atoms with Crippen LogP contribution in [0, 0.1) is 0 Å². The number of quaternary nitrogens is 2. The molecular weight excluding hydrogens is 893 g/mol. The van der Waals surface area contributed by atoms with Crippen molar-refractivity contribution in [1.29, 1.82) is 0 Å². The van der Waals surface area contributed by atoms with Crippen molar-refractivity contribution in [2.24, 2.45) is 0 Å². The molecular formula is C64H102N2O4S+2. The van der Waals surface area contributed by atoms with Gasteiger partial charge in [-0.25, -0.2) is 9.59 Å². The zero-order valence-corrected chi connectivity index (χ0v) is 46.8. The van der Waals surface area contributed by atoms with Crippen LogP contribution < -0.4 is 0 Å². The summed E-state index contributed by atoms with van der Waals surface area (Å²) in [6.07, 6.45) is 40.4. The van der Waals surface area contributed by atoms with E-state index in [2.05, 4.69) is 103 Å². The van der Waals surface area contributed by atoms with Crippen molar-refractivity contribution in [3.63, 3.8) is 0 Å². The molecule has 0 saturated heterocycles. The minimum absolute atomic E-state index is 0.160. The molecule has 0 unspecified atom stereocenters. The molecule has 396 valence electrons. The average Bonchev–Trinajstić information content (AvgIpc) is 3.35. The number of unbranched alkanes of at least 4 members (excludes halogenated alkanes) is 26. The van der Waals surface area contributed by atoms with Gasteiger partial charge in [0.1, 0.15) is 13.1 Å². The molecule has 71 heavy (non-hydrogen) atoms. The van der Waals surface area contributed by atoms with Crippen LogP contribution in [0.4, 0.5) is 0 Å². The van der Waals surface area contributed by atoms with E-state index in [1.165, 1.54) is 216 Å². The normalized spacial score (nSPS) is 11.4. The Morgan fingerprint density at radius 1 is 0.352 bits per heavy atom. The minimum atomic E-state index is -1.03. The molecule has 0 heterocycles. The molecule has 7 heteroatoms. The summed E-state index contributed by atoms with van der Waals surface area (Å²) in [7, 11) is 9.48. The molecule has 0 aliphatic carbocycles. The number of hydrogen-bond acceptors (Lipinski definition) is 3. The first-order valence-corrected chi connectivity index (χ1v) is 29.2. The van der Waals surface area contributed by atoms with E-state index in [1.54, 1.807) is 36.4 Å². The summed E-state index contributed by atoms with van der Waals surface area (Å²) in [6.45, 7) is 9.49. The van der Waals surface area contributed by atoms with Gasteiger partial charge in [0, 0.05) is 20.9 Å². The Labute approximate surface area is 439 Å². The third-order valence-electron chi connectivity index (χ3n) is 13.6. The smallest absolute Gasteiger partial charge is 0.336 e. The lowest BCUT2D eigenvalue weighted by atomic mass is 10.0. The standard InChI is InChI=1S/2C25H46N.C14H10O4S/c2*1-4-5-6-7-8-9-10-11-12-13-14-15-16-20-23-26(2,3)24-25-21-18-17-19-22-25;15-13(16)9-5-1-3-7-11(9)19-12-8-4-2-6-10(12)14(17)18/h2*17-19,21-22H,4-16,20,23-24H2,1-3H3;1-8H,(H,15,16)(H,17,18)/q2*+1;. The van der Waals surface area contributed by atoms with Gasteiger partial charge in [0.2, 0.25) is 0 Å². The number of benzene rings is 4. The number of carbonyl (C=O) groups is 2. The highest BCUT2D eigenvalue weighted by Crippen LogP contribution is 2.33. The maximum Gasteiger partial charge on any atom is 0.336 e. The molecule has 0 bridgehead atoms. The van der Waals surface area contributed by atoms with Crippen LogP contribution in [-0.2, 0) is 13.1 Å². The highest BCUT2D eigenvalue weighted by molar-refractivity contribution is 7.99. The first-order chi connectivity index (χ1) is 34.4. The number of aromatic carboxylic acids is 2. The Morgan fingerprint density at radius 3 is 0.859 bits per heavy atom. The number of hydrogen-bond donors (Lipinski definition) is 2. The third kappa shape index (κ3) is 33.4. The van der Waals surface area contributed by atoms with E-state index in [1.807, 2.05) is 0 Å². The van der Waals surface area contributed by atoms with E-state index in [0.29, 0.717) is 9.79 Å². The van der Waals surface area contributed by atoms with Crippen LogP contribution in [0.2, 0.25) is 0 Å². The topological polar surface area (TPSA) is 74.6 Å². The third-order valence-corrected chi connectivity index (χ3v) is 14.7. The van der Waals surface area contributed by atoms with Crippen molar-refractivity contribution in [1.82, 2.24) is 0 Å². The van der Waals surface area contributed by atoms with Gasteiger partial charge in [-0.05, 0) is 49.9 Å². The quantitative estimate of drug-likeness (QED) is 0.0346. The fourth-order valence-electron chi connectivity index (χ4n) is 9.37. The summed E-state index contributed by atoms with van der Waals surface area (Å²) < 4.78 is 2.23. The summed E-state index contributed by atoms with van der Waals surface area (Å²) in [5.74, 6) is -2.06. The van der Waals surface area contributed by atoms with Crippen LogP contribution >= 0.6 is 11.8 Å². The van der Waals surface area contributed by atoms with E-state index in [9.17, 15) is 9.59 Å². The van der Waals surface area contributed by atoms with Gasteiger partial charge in [-0.2, -0.15) is 0 Å². The molecule has 0 spiro atoms. The number of nitrogens with zero attached hydrogens (tertiary/aromatic N) is 2. The largest absolute Gasteiger partial charge is 0.478 e. The van der Waals surface area contributed by atoms with E-state index >= 15 is 0 Å². The van der Waals surface area contributed by atoms with Crippen molar-refractivity contribution in [3.05, 3.63) is 131 Å². The van der Waals surface area contributed by atoms with E-state index in [4.69, 9.17) is 10.2 Å². The summed E-state index contributed by atoms with van der Waals surface area (Å²) in [5.41, 5.74) is 3.24. The highest BCUT2D eigenvalue weighted by atomic mass is 32.2. The number of rotatable bonds is 38. The van der Waals surface area contributed by atoms with Crippen molar-refractivity contribution < 1.29 is 28.8 Å². The Hall–Kier alpha value is -3.91. The van der Waals surface area contributed by atoms with Gasteiger partial charge >= 0.3 is 11.9 Å². The first kappa shape index (κ1) is 63.2. The summed E-state index contributed by atoms with van der Waals surface area (Å²) in [5, 5.41) is 18.2.